The Morgan fingerprint density at radius 2 is 2.54 bits per heavy atom. The van der Waals surface area contributed by atoms with Crippen molar-refractivity contribution in [1.82, 2.24) is 4.90 Å². The highest BCUT2D eigenvalue weighted by Crippen LogP contribution is 2.50. The van der Waals surface area contributed by atoms with Gasteiger partial charge in [0, 0.05) is 5.75 Å². The van der Waals surface area contributed by atoms with E-state index in [1.807, 2.05) is 6.92 Å². The number of carbonyl (C=O) groups excluding carboxylic acids is 2. The number of hydrogen-bond acceptors (Lipinski definition) is 3. The van der Waals surface area contributed by atoms with Crippen LogP contribution in [-0.2, 0) is 9.59 Å². The molecule has 70 valence electrons. The van der Waals surface area contributed by atoms with Gasteiger partial charge in [-0.2, -0.15) is 0 Å². The molecule has 13 heavy (non-hydrogen) atoms. The average molecular weight is 218 g/mol. The first kappa shape index (κ1) is 9.13. The molecule has 0 aromatic heterocycles. The highest BCUT2D eigenvalue weighted by molar-refractivity contribution is 8.00. The zero-order valence-electron chi connectivity index (χ0n) is 7.04. The molecule has 3 nitrogen and oxygen atoms in total. The van der Waals surface area contributed by atoms with Gasteiger partial charge >= 0.3 is 0 Å². The standard InChI is InChI=1S/C8H8ClNO2S/c1-2-8(9)4-13-7-5(3-11)6(12)10(7)8/h7H,2,4H2,1H3/t7-,8?/m0/s1. The van der Waals surface area contributed by atoms with Crippen molar-refractivity contribution in [3.05, 3.63) is 5.57 Å². The average Bonchev–Trinajstić information content (AvgIpc) is 2.41. The van der Waals surface area contributed by atoms with E-state index < -0.39 is 5.00 Å². The van der Waals surface area contributed by atoms with Gasteiger partial charge in [-0.1, -0.05) is 18.5 Å². The predicted molar refractivity (Wildman–Crippen MR) is 51.2 cm³/mol. The zero-order chi connectivity index (χ0) is 9.64. The fourth-order valence-electron chi connectivity index (χ4n) is 1.60. The lowest BCUT2D eigenvalue weighted by atomic mass is 10.0. The number of halogens is 1. The van der Waals surface area contributed by atoms with Gasteiger partial charge in [-0.25, -0.2) is 4.79 Å². The van der Waals surface area contributed by atoms with Crippen molar-refractivity contribution in [1.29, 1.82) is 0 Å². The minimum absolute atomic E-state index is 0.137. The molecule has 0 saturated carbocycles. The first-order valence-electron chi connectivity index (χ1n) is 4.03. The molecule has 2 heterocycles. The monoisotopic (exact) mass is 217 g/mol. The van der Waals surface area contributed by atoms with E-state index in [2.05, 4.69) is 0 Å². The van der Waals surface area contributed by atoms with Crippen molar-refractivity contribution in [2.75, 3.05) is 5.75 Å². The minimum Gasteiger partial charge on any atom is -0.301 e. The van der Waals surface area contributed by atoms with Crippen LogP contribution in [0.1, 0.15) is 13.3 Å². The number of carbonyl (C=O) groups is 1. The lowest BCUT2D eigenvalue weighted by Gasteiger charge is -2.41. The molecule has 1 unspecified atom stereocenters. The van der Waals surface area contributed by atoms with Crippen LogP contribution in [-0.4, -0.2) is 32.9 Å². The van der Waals surface area contributed by atoms with Gasteiger partial charge in [0.2, 0.25) is 0 Å². The molecule has 2 aliphatic heterocycles. The summed E-state index contributed by atoms with van der Waals surface area (Å²) in [5, 5.41) is -0.137. The Morgan fingerprint density at radius 1 is 1.85 bits per heavy atom. The number of alkyl halides is 1. The largest absolute Gasteiger partial charge is 0.301 e. The SMILES string of the molecule is CCC1(Cl)CS[C@H]2C(=C=O)C(=O)N21. The first-order valence-corrected chi connectivity index (χ1v) is 5.46. The highest BCUT2D eigenvalue weighted by atomic mass is 35.5. The molecule has 0 spiro atoms. The maximum Gasteiger partial charge on any atom is 0.266 e. The second kappa shape index (κ2) is 2.77. The third-order valence-corrected chi connectivity index (χ3v) is 4.62. The first-order chi connectivity index (χ1) is 6.14. The van der Waals surface area contributed by atoms with Crippen molar-refractivity contribution >= 4 is 35.2 Å². The van der Waals surface area contributed by atoms with Crippen LogP contribution in [0.5, 0.6) is 0 Å². The third-order valence-electron chi connectivity index (χ3n) is 2.48. The summed E-state index contributed by atoms with van der Waals surface area (Å²) in [4.78, 5) is 22.8. The molecular formula is C8H8ClNO2S. The van der Waals surface area contributed by atoms with Crippen LogP contribution in [0.25, 0.3) is 0 Å². The summed E-state index contributed by atoms with van der Waals surface area (Å²) in [6, 6.07) is 0. The highest BCUT2D eigenvalue weighted by Gasteiger charge is 2.58. The number of nitrogens with zero attached hydrogens (tertiary/aromatic N) is 1. The number of fused-ring (bicyclic) bond motifs is 1. The molecule has 1 amide bonds. The summed E-state index contributed by atoms with van der Waals surface area (Å²) in [6.07, 6.45) is 0.704. The lowest BCUT2D eigenvalue weighted by Crippen LogP contribution is -2.58. The molecule has 0 aliphatic carbocycles. The molecular weight excluding hydrogens is 210 g/mol. The Morgan fingerprint density at radius 3 is 3.08 bits per heavy atom. The maximum atomic E-state index is 11.4. The molecule has 2 fully saturated rings. The Balaban J connectivity index is 2.31. The Bertz CT molecular complexity index is 326. The molecule has 0 bridgehead atoms. The molecule has 2 aliphatic rings. The van der Waals surface area contributed by atoms with Gasteiger partial charge in [-0.05, 0) is 6.42 Å². The Hall–Kier alpha value is -0.440. The van der Waals surface area contributed by atoms with E-state index >= 15 is 0 Å². The number of thioether (sulfide) groups is 1. The van der Waals surface area contributed by atoms with Crippen LogP contribution in [0.3, 0.4) is 0 Å². The topological polar surface area (TPSA) is 37.4 Å². The van der Waals surface area contributed by atoms with Crippen LogP contribution in [0.15, 0.2) is 5.57 Å². The Labute approximate surface area is 85.1 Å². The van der Waals surface area contributed by atoms with Crippen LogP contribution in [0.2, 0.25) is 0 Å². The number of rotatable bonds is 1. The molecule has 2 rings (SSSR count). The summed E-state index contributed by atoms with van der Waals surface area (Å²) >= 11 is 7.74. The van der Waals surface area contributed by atoms with E-state index in [-0.39, 0.29) is 16.9 Å². The summed E-state index contributed by atoms with van der Waals surface area (Å²) in [7, 11) is 0. The van der Waals surface area contributed by atoms with Gasteiger partial charge in [0.25, 0.3) is 5.91 Å². The number of β-lactam (4-membered cyclic amide) rings is 1. The van der Waals surface area contributed by atoms with Crippen molar-refractivity contribution in [2.45, 2.75) is 23.7 Å². The zero-order valence-corrected chi connectivity index (χ0v) is 8.61. The van der Waals surface area contributed by atoms with Crippen molar-refractivity contribution in [3.8, 4) is 0 Å². The third kappa shape index (κ3) is 0.997. The van der Waals surface area contributed by atoms with Crippen LogP contribution >= 0.6 is 23.4 Å². The fourth-order valence-corrected chi connectivity index (χ4v) is 3.54. The van der Waals surface area contributed by atoms with Crippen LogP contribution in [0.4, 0.5) is 0 Å². The van der Waals surface area contributed by atoms with Crippen molar-refractivity contribution < 1.29 is 9.59 Å². The van der Waals surface area contributed by atoms with Crippen LogP contribution in [0, 0.1) is 0 Å². The molecule has 0 aromatic rings. The summed E-state index contributed by atoms with van der Waals surface area (Å²) in [6.45, 7) is 1.94. The predicted octanol–water partition coefficient (Wildman–Crippen LogP) is 1.00. The second-order valence-electron chi connectivity index (χ2n) is 3.13. The van der Waals surface area contributed by atoms with Gasteiger partial charge in [0.15, 0.2) is 0 Å². The minimum atomic E-state index is -0.577. The van der Waals surface area contributed by atoms with Gasteiger partial charge in [-0.3, -0.25) is 4.79 Å². The summed E-state index contributed by atoms with van der Waals surface area (Å²) in [5.74, 6) is 2.12. The van der Waals surface area contributed by atoms with Gasteiger partial charge in [0.1, 0.15) is 21.9 Å². The van der Waals surface area contributed by atoms with E-state index in [9.17, 15) is 9.59 Å². The van der Waals surface area contributed by atoms with E-state index in [1.54, 1.807) is 10.8 Å². The van der Waals surface area contributed by atoms with E-state index in [1.165, 1.54) is 11.8 Å². The summed E-state index contributed by atoms with van der Waals surface area (Å²) in [5.41, 5.74) is 0.237. The number of hydrogen-bond donors (Lipinski definition) is 0. The quantitative estimate of drug-likeness (QED) is 0.216. The maximum absolute atomic E-state index is 11.4. The van der Waals surface area contributed by atoms with Crippen molar-refractivity contribution in [3.63, 3.8) is 0 Å². The van der Waals surface area contributed by atoms with E-state index in [4.69, 9.17) is 11.6 Å². The second-order valence-corrected chi connectivity index (χ2v) is 4.90. The Kier molecular flexibility index (Phi) is 1.95. The molecule has 2 saturated heterocycles. The molecule has 0 radical (unpaired) electrons. The normalized spacial score (nSPS) is 37.1. The number of amides is 1. The van der Waals surface area contributed by atoms with Crippen LogP contribution < -0.4 is 0 Å². The smallest absolute Gasteiger partial charge is 0.266 e. The van der Waals surface area contributed by atoms with E-state index in [0.29, 0.717) is 12.2 Å². The molecule has 0 aromatic carbocycles. The molecule has 5 heteroatoms. The van der Waals surface area contributed by atoms with Gasteiger partial charge in [0.05, 0.1) is 0 Å². The van der Waals surface area contributed by atoms with Gasteiger partial charge in [-0.15, -0.1) is 11.8 Å². The lowest BCUT2D eigenvalue weighted by molar-refractivity contribution is -0.136. The summed E-state index contributed by atoms with van der Waals surface area (Å²) < 4.78 is 0. The van der Waals surface area contributed by atoms with E-state index in [0.717, 1.165) is 0 Å². The molecule has 0 N–H and O–H groups in total. The van der Waals surface area contributed by atoms with Crippen molar-refractivity contribution in [2.24, 2.45) is 0 Å². The fraction of sp³-hybridized carbons (Fsp3) is 0.625. The van der Waals surface area contributed by atoms with Gasteiger partial charge < -0.3 is 4.90 Å². The molecule has 2 atom stereocenters.